The summed E-state index contributed by atoms with van der Waals surface area (Å²) in [7, 11) is 0. The first-order valence-electron chi connectivity index (χ1n) is 4.87. The van der Waals surface area contributed by atoms with Gasteiger partial charge in [-0.25, -0.2) is 4.39 Å². The molecule has 0 bridgehead atoms. The van der Waals surface area contributed by atoms with Gasteiger partial charge in [0.15, 0.2) is 0 Å². The molecule has 0 radical (unpaired) electrons. The number of pyridine rings is 1. The molecular weight excluding hydrogens is 181 g/mol. The fraction of sp³-hybridized carbons (Fsp3) is 0.545. The van der Waals surface area contributed by atoms with Crippen LogP contribution in [0.2, 0.25) is 0 Å². The third kappa shape index (κ3) is 3.42. The number of rotatable bonds is 4. The van der Waals surface area contributed by atoms with Crippen LogP contribution in [0.4, 0.5) is 4.39 Å². The van der Waals surface area contributed by atoms with E-state index < -0.39 is 0 Å². The SMILES string of the molecule is CC(C)C(O)CCc1cncc(F)c1. The van der Waals surface area contributed by atoms with Crippen LogP contribution in [0.25, 0.3) is 0 Å². The molecule has 1 unspecified atom stereocenters. The summed E-state index contributed by atoms with van der Waals surface area (Å²) >= 11 is 0. The molecule has 0 spiro atoms. The molecule has 14 heavy (non-hydrogen) atoms. The van der Waals surface area contributed by atoms with Crippen molar-refractivity contribution < 1.29 is 9.50 Å². The molecule has 0 saturated carbocycles. The van der Waals surface area contributed by atoms with Gasteiger partial charge in [0.1, 0.15) is 5.82 Å². The van der Waals surface area contributed by atoms with Crippen molar-refractivity contribution in [1.29, 1.82) is 0 Å². The quantitative estimate of drug-likeness (QED) is 0.802. The zero-order chi connectivity index (χ0) is 10.6. The molecule has 0 saturated heterocycles. The first-order chi connectivity index (χ1) is 6.59. The van der Waals surface area contributed by atoms with Crippen molar-refractivity contribution in [3.8, 4) is 0 Å². The molecule has 1 N–H and O–H groups in total. The molecule has 0 amide bonds. The first-order valence-corrected chi connectivity index (χ1v) is 4.87. The highest BCUT2D eigenvalue weighted by Crippen LogP contribution is 2.10. The summed E-state index contributed by atoms with van der Waals surface area (Å²) in [6, 6.07) is 1.46. The van der Waals surface area contributed by atoms with E-state index in [4.69, 9.17) is 0 Å². The smallest absolute Gasteiger partial charge is 0.141 e. The van der Waals surface area contributed by atoms with E-state index in [0.717, 1.165) is 5.56 Å². The second kappa shape index (κ2) is 5.05. The molecular formula is C11H16FNO. The lowest BCUT2D eigenvalue weighted by Gasteiger charge is -2.13. The number of halogens is 1. The van der Waals surface area contributed by atoms with Crippen molar-refractivity contribution in [3.63, 3.8) is 0 Å². The fourth-order valence-corrected chi connectivity index (χ4v) is 1.24. The van der Waals surface area contributed by atoms with Crippen LogP contribution in [0.3, 0.4) is 0 Å². The van der Waals surface area contributed by atoms with Gasteiger partial charge in [0.2, 0.25) is 0 Å². The van der Waals surface area contributed by atoms with Crippen LogP contribution in [-0.4, -0.2) is 16.2 Å². The molecule has 0 aliphatic heterocycles. The van der Waals surface area contributed by atoms with Gasteiger partial charge in [0, 0.05) is 6.20 Å². The highest BCUT2D eigenvalue weighted by Gasteiger charge is 2.09. The standard InChI is InChI=1S/C11H16FNO/c1-8(2)11(14)4-3-9-5-10(12)7-13-6-9/h5-8,11,14H,3-4H2,1-2H3. The maximum absolute atomic E-state index is 12.7. The van der Waals surface area contributed by atoms with E-state index in [1.165, 1.54) is 12.3 Å². The average Bonchev–Trinajstić information content (AvgIpc) is 2.14. The normalized spacial score (nSPS) is 13.2. The largest absolute Gasteiger partial charge is 0.393 e. The zero-order valence-corrected chi connectivity index (χ0v) is 8.57. The Balaban J connectivity index is 2.45. The van der Waals surface area contributed by atoms with E-state index in [1.54, 1.807) is 6.20 Å². The molecule has 1 aromatic rings. The van der Waals surface area contributed by atoms with E-state index in [9.17, 15) is 9.50 Å². The molecule has 1 heterocycles. The molecule has 3 heteroatoms. The van der Waals surface area contributed by atoms with Crippen LogP contribution in [0.15, 0.2) is 18.5 Å². The van der Waals surface area contributed by atoms with Gasteiger partial charge < -0.3 is 5.11 Å². The Labute approximate surface area is 83.8 Å². The number of nitrogens with zero attached hydrogens (tertiary/aromatic N) is 1. The van der Waals surface area contributed by atoms with Crippen molar-refractivity contribution >= 4 is 0 Å². The number of aliphatic hydroxyl groups excluding tert-OH is 1. The van der Waals surface area contributed by atoms with E-state index in [-0.39, 0.29) is 17.8 Å². The molecule has 1 aromatic heterocycles. The molecule has 0 aliphatic rings. The van der Waals surface area contributed by atoms with Crippen molar-refractivity contribution in [1.82, 2.24) is 4.98 Å². The van der Waals surface area contributed by atoms with Crippen LogP contribution < -0.4 is 0 Å². The third-order valence-electron chi connectivity index (χ3n) is 2.26. The monoisotopic (exact) mass is 197 g/mol. The minimum absolute atomic E-state index is 0.247. The van der Waals surface area contributed by atoms with Crippen LogP contribution in [0, 0.1) is 11.7 Å². The Morgan fingerprint density at radius 1 is 1.43 bits per heavy atom. The van der Waals surface area contributed by atoms with Crippen LogP contribution >= 0.6 is 0 Å². The highest BCUT2D eigenvalue weighted by atomic mass is 19.1. The molecule has 0 aromatic carbocycles. The lowest BCUT2D eigenvalue weighted by atomic mass is 10.0. The lowest BCUT2D eigenvalue weighted by Crippen LogP contribution is -2.15. The summed E-state index contributed by atoms with van der Waals surface area (Å²) < 4.78 is 12.7. The van der Waals surface area contributed by atoms with Crippen LogP contribution in [-0.2, 0) is 6.42 Å². The van der Waals surface area contributed by atoms with Crippen molar-refractivity contribution in [3.05, 3.63) is 29.8 Å². The van der Waals surface area contributed by atoms with Crippen molar-refractivity contribution in [2.24, 2.45) is 5.92 Å². The molecule has 0 fully saturated rings. The minimum atomic E-state index is -0.321. The van der Waals surface area contributed by atoms with E-state index in [1.807, 2.05) is 13.8 Å². The van der Waals surface area contributed by atoms with E-state index >= 15 is 0 Å². The summed E-state index contributed by atoms with van der Waals surface area (Å²) in [4.78, 5) is 3.75. The predicted molar refractivity (Wildman–Crippen MR) is 53.4 cm³/mol. The third-order valence-corrected chi connectivity index (χ3v) is 2.26. The van der Waals surface area contributed by atoms with Crippen LogP contribution in [0.1, 0.15) is 25.8 Å². The summed E-state index contributed by atoms with van der Waals surface area (Å²) in [6.45, 7) is 3.93. The fourth-order valence-electron chi connectivity index (χ4n) is 1.24. The number of aryl methyl sites for hydroxylation is 1. The Hall–Kier alpha value is -0.960. The minimum Gasteiger partial charge on any atom is -0.393 e. The Morgan fingerprint density at radius 2 is 2.14 bits per heavy atom. The number of hydrogen-bond acceptors (Lipinski definition) is 2. The maximum Gasteiger partial charge on any atom is 0.141 e. The number of hydrogen-bond donors (Lipinski definition) is 1. The van der Waals surface area contributed by atoms with Crippen molar-refractivity contribution in [2.45, 2.75) is 32.8 Å². The first kappa shape index (κ1) is 11.1. The second-order valence-electron chi connectivity index (χ2n) is 3.86. The van der Waals surface area contributed by atoms with Crippen LogP contribution in [0.5, 0.6) is 0 Å². The van der Waals surface area contributed by atoms with Gasteiger partial charge in [-0.1, -0.05) is 13.8 Å². The molecule has 1 rings (SSSR count). The predicted octanol–water partition coefficient (Wildman–Crippen LogP) is 2.17. The summed E-state index contributed by atoms with van der Waals surface area (Å²) in [5, 5.41) is 9.54. The Morgan fingerprint density at radius 3 is 2.71 bits per heavy atom. The van der Waals surface area contributed by atoms with Crippen molar-refractivity contribution in [2.75, 3.05) is 0 Å². The lowest BCUT2D eigenvalue weighted by molar-refractivity contribution is 0.116. The number of aliphatic hydroxyl groups is 1. The van der Waals surface area contributed by atoms with E-state index in [0.29, 0.717) is 12.8 Å². The molecule has 1 atom stereocenters. The van der Waals surface area contributed by atoms with E-state index in [2.05, 4.69) is 4.98 Å². The Kier molecular flexibility index (Phi) is 4.01. The molecule has 78 valence electrons. The van der Waals surface area contributed by atoms with Gasteiger partial charge in [-0.05, 0) is 30.4 Å². The summed E-state index contributed by atoms with van der Waals surface area (Å²) in [6.07, 6.45) is 3.82. The summed E-state index contributed by atoms with van der Waals surface area (Å²) in [5.74, 6) is -0.0712. The molecule has 2 nitrogen and oxygen atoms in total. The van der Waals surface area contributed by atoms with Gasteiger partial charge in [-0.15, -0.1) is 0 Å². The topological polar surface area (TPSA) is 33.1 Å². The van der Waals surface area contributed by atoms with Gasteiger partial charge in [-0.3, -0.25) is 4.98 Å². The highest BCUT2D eigenvalue weighted by molar-refractivity contribution is 5.10. The van der Waals surface area contributed by atoms with Gasteiger partial charge in [0.25, 0.3) is 0 Å². The van der Waals surface area contributed by atoms with Gasteiger partial charge >= 0.3 is 0 Å². The number of aromatic nitrogens is 1. The summed E-state index contributed by atoms with van der Waals surface area (Å²) in [5.41, 5.74) is 0.838. The van der Waals surface area contributed by atoms with Gasteiger partial charge in [0.05, 0.1) is 12.3 Å². The average molecular weight is 197 g/mol. The second-order valence-corrected chi connectivity index (χ2v) is 3.86. The zero-order valence-electron chi connectivity index (χ0n) is 8.57. The Bertz CT molecular complexity index is 288. The maximum atomic E-state index is 12.7. The molecule has 0 aliphatic carbocycles. The van der Waals surface area contributed by atoms with Gasteiger partial charge in [-0.2, -0.15) is 0 Å².